The summed E-state index contributed by atoms with van der Waals surface area (Å²) in [5.41, 5.74) is 2.88. The zero-order valence-corrected chi connectivity index (χ0v) is 12.9. The van der Waals surface area contributed by atoms with Gasteiger partial charge in [-0.2, -0.15) is 0 Å². The first-order valence-corrected chi connectivity index (χ1v) is 7.72. The summed E-state index contributed by atoms with van der Waals surface area (Å²) in [6.07, 6.45) is 5.05. The van der Waals surface area contributed by atoms with Gasteiger partial charge in [-0.25, -0.2) is 0 Å². The van der Waals surface area contributed by atoms with Crippen molar-refractivity contribution in [2.24, 2.45) is 0 Å². The van der Waals surface area contributed by atoms with E-state index >= 15 is 0 Å². The molecular weight excluding hydrogens is 250 g/mol. The van der Waals surface area contributed by atoms with Crippen LogP contribution >= 0.6 is 0 Å². The average Bonchev–Trinajstić information content (AvgIpc) is 2.46. The Labute approximate surface area is 122 Å². The van der Waals surface area contributed by atoms with E-state index in [1.807, 2.05) is 0 Å². The van der Waals surface area contributed by atoms with Crippen LogP contribution in [0.1, 0.15) is 50.3 Å². The summed E-state index contributed by atoms with van der Waals surface area (Å²) in [4.78, 5) is 0. The highest BCUT2D eigenvalue weighted by molar-refractivity contribution is 5.39. The predicted molar refractivity (Wildman–Crippen MR) is 82.4 cm³/mol. The quantitative estimate of drug-likeness (QED) is 0.774. The highest BCUT2D eigenvalue weighted by Crippen LogP contribution is 2.32. The molecule has 3 nitrogen and oxygen atoms in total. The van der Waals surface area contributed by atoms with Crippen LogP contribution in [0.4, 0.5) is 0 Å². The van der Waals surface area contributed by atoms with Crippen molar-refractivity contribution in [1.82, 2.24) is 5.32 Å². The zero-order chi connectivity index (χ0) is 14.4. The molecule has 0 saturated carbocycles. The summed E-state index contributed by atoms with van der Waals surface area (Å²) in [5, 5.41) is 3.67. The average molecular weight is 277 g/mol. The van der Waals surface area contributed by atoms with Crippen molar-refractivity contribution in [2.45, 2.75) is 51.7 Å². The van der Waals surface area contributed by atoms with Gasteiger partial charge in [0.05, 0.1) is 13.2 Å². The summed E-state index contributed by atoms with van der Waals surface area (Å²) in [6.45, 7) is 6.02. The van der Waals surface area contributed by atoms with Crippen LogP contribution in [0, 0.1) is 0 Å². The van der Waals surface area contributed by atoms with Crippen molar-refractivity contribution in [3.8, 4) is 5.75 Å². The molecule has 0 aromatic heterocycles. The van der Waals surface area contributed by atoms with Crippen LogP contribution in [0.2, 0.25) is 0 Å². The van der Waals surface area contributed by atoms with E-state index in [0.29, 0.717) is 12.1 Å². The second-order valence-electron chi connectivity index (χ2n) is 5.74. The smallest absolute Gasteiger partial charge is 0.119 e. The molecule has 1 aromatic carbocycles. The number of hydrogen-bond donors (Lipinski definition) is 1. The molecule has 1 N–H and O–H groups in total. The van der Waals surface area contributed by atoms with E-state index in [9.17, 15) is 0 Å². The highest BCUT2D eigenvalue weighted by Gasteiger charge is 2.19. The Kier molecular flexibility index (Phi) is 5.86. The molecular formula is C17H27NO2. The lowest BCUT2D eigenvalue weighted by atomic mass is 9.87. The molecule has 0 spiro atoms. The summed E-state index contributed by atoms with van der Waals surface area (Å²) in [7, 11) is 1.73. The fourth-order valence-electron chi connectivity index (χ4n) is 2.80. The van der Waals surface area contributed by atoms with Crippen molar-refractivity contribution >= 4 is 0 Å². The molecule has 0 radical (unpaired) electrons. The van der Waals surface area contributed by atoms with Crippen molar-refractivity contribution < 1.29 is 9.47 Å². The first-order chi connectivity index (χ1) is 9.70. The number of methoxy groups -OCH3 is 1. The first-order valence-electron chi connectivity index (χ1n) is 7.72. The number of aryl methyl sites for hydroxylation is 1. The van der Waals surface area contributed by atoms with Crippen LogP contribution in [-0.2, 0) is 11.2 Å². The van der Waals surface area contributed by atoms with Gasteiger partial charge >= 0.3 is 0 Å². The summed E-state index contributed by atoms with van der Waals surface area (Å²) in [6, 6.07) is 6.96. The van der Waals surface area contributed by atoms with Crippen LogP contribution in [0.5, 0.6) is 5.75 Å². The van der Waals surface area contributed by atoms with Gasteiger partial charge in [0.15, 0.2) is 0 Å². The lowest BCUT2D eigenvalue weighted by molar-refractivity contribution is 0.0766. The summed E-state index contributed by atoms with van der Waals surface area (Å²) < 4.78 is 10.9. The maximum atomic E-state index is 5.57. The van der Waals surface area contributed by atoms with Crippen LogP contribution in [0.15, 0.2) is 18.2 Å². The third kappa shape index (κ3) is 4.22. The minimum atomic E-state index is 0.331. The zero-order valence-electron chi connectivity index (χ0n) is 12.9. The molecule has 112 valence electrons. The topological polar surface area (TPSA) is 30.5 Å². The van der Waals surface area contributed by atoms with Crippen LogP contribution in [-0.4, -0.2) is 26.4 Å². The van der Waals surface area contributed by atoms with E-state index < -0.39 is 0 Å². The van der Waals surface area contributed by atoms with E-state index in [1.165, 1.54) is 30.4 Å². The van der Waals surface area contributed by atoms with Gasteiger partial charge < -0.3 is 14.8 Å². The lowest BCUT2D eigenvalue weighted by Crippen LogP contribution is -2.27. The molecule has 2 rings (SSSR count). The maximum absolute atomic E-state index is 5.57. The summed E-state index contributed by atoms with van der Waals surface area (Å²) >= 11 is 0. The fourth-order valence-corrected chi connectivity index (χ4v) is 2.80. The molecule has 0 fully saturated rings. The lowest BCUT2D eigenvalue weighted by Gasteiger charge is -2.27. The largest absolute Gasteiger partial charge is 0.497 e. The van der Waals surface area contributed by atoms with Gasteiger partial charge in [0, 0.05) is 12.6 Å². The molecule has 1 aromatic rings. The molecule has 3 heteroatoms. The molecule has 0 amide bonds. The Bertz CT molecular complexity index is 417. The van der Waals surface area contributed by atoms with E-state index in [-0.39, 0.29) is 0 Å². The monoisotopic (exact) mass is 277 g/mol. The van der Waals surface area contributed by atoms with Crippen molar-refractivity contribution in [1.29, 1.82) is 0 Å². The van der Waals surface area contributed by atoms with E-state index in [2.05, 4.69) is 37.4 Å². The molecule has 1 atom stereocenters. The van der Waals surface area contributed by atoms with Crippen LogP contribution in [0.3, 0.4) is 0 Å². The third-order valence-corrected chi connectivity index (χ3v) is 3.83. The van der Waals surface area contributed by atoms with Gasteiger partial charge in [0.25, 0.3) is 0 Å². The van der Waals surface area contributed by atoms with Gasteiger partial charge in [-0.1, -0.05) is 6.07 Å². The number of ether oxygens (including phenoxy) is 2. The standard InChI is InChI=1S/C17H27NO2/c1-13(2)20-11-5-10-18-17-7-4-6-14-12-15(19-3)8-9-16(14)17/h8-9,12-13,17-18H,4-7,10-11H2,1-3H3. The fraction of sp³-hybridized carbons (Fsp3) is 0.647. The van der Waals surface area contributed by atoms with Gasteiger partial charge in [-0.05, 0) is 69.3 Å². The maximum Gasteiger partial charge on any atom is 0.119 e. The Morgan fingerprint density at radius 3 is 2.95 bits per heavy atom. The Hall–Kier alpha value is -1.06. The number of nitrogens with one attached hydrogen (secondary N) is 1. The van der Waals surface area contributed by atoms with Crippen LogP contribution < -0.4 is 10.1 Å². The van der Waals surface area contributed by atoms with Gasteiger partial charge in [0.1, 0.15) is 5.75 Å². The summed E-state index contributed by atoms with van der Waals surface area (Å²) in [5.74, 6) is 0.967. The number of fused-ring (bicyclic) bond motifs is 1. The van der Waals surface area contributed by atoms with Crippen LogP contribution in [0.25, 0.3) is 0 Å². The van der Waals surface area contributed by atoms with E-state index in [4.69, 9.17) is 9.47 Å². The third-order valence-electron chi connectivity index (χ3n) is 3.83. The molecule has 0 bridgehead atoms. The first kappa shape index (κ1) is 15.3. The Morgan fingerprint density at radius 2 is 2.20 bits per heavy atom. The van der Waals surface area contributed by atoms with Crippen molar-refractivity contribution in [2.75, 3.05) is 20.3 Å². The van der Waals surface area contributed by atoms with Crippen molar-refractivity contribution in [3.05, 3.63) is 29.3 Å². The predicted octanol–water partition coefficient (Wildman–Crippen LogP) is 3.48. The van der Waals surface area contributed by atoms with Gasteiger partial charge in [-0.15, -0.1) is 0 Å². The molecule has 1 aliphatic carbocycles. The van der Waals surface area contributed by atoms with Crippen molar-refractivity contribution in [3.63, 3.8) is 0 Å². The second-order valence-corrected chi connectivity index (χ2v) is 5.74. The van der Waals surface area contributed by atoms with Gasteiger partial charge in [0.2, 0.25) is 0 Å². The molecule has 1 aliphatic rings. The van der Waals surface area contributed by atoms with E-state index in [0.717, 1.165) is 25.3 Å². The number of rotatable bonds is 7. The Balaban J connectivity index is 1.85. The molecule has 0 saturated heterocycles. The number of hydrogen-bond acceptors (Lipinski definition) is 3. The molecule has 0 aliphatic heterocycles. The molecule has 20 heavy (non-hydrogen) atoms. The normalized spacial score (nSPS) is 18.1. The highest BCUT2D eigenvalue weighted by atomic mass is 16.5. The minimum absolute atomic E-state index is 0.331. The minimum Gasteiger partial charge on any atom is -0.497 e. The Morgan fingerprint density at radius 1 is 1.35 bits per heavy atom. The second kappa shape index (κ2) is 7.65. The van der Waals surface area contributed by atoms with E-state index in [1.54, 1.807) is 7.11 Å². The number of benzene rings is 1. The van der Waals surface area contributed by atoms with Gasteiger partial charge in [-0.3, -0.25) is 0 Å². The SMILES string of the molecule is COc1ccc2c(c1)CCCC2NCCCOC(C)C. The molecule has 0 heterocycles. The molecule has 1 unspecified atom stereocenters.